The number of carbonyl (C=O) groups excluding carboxylic acids is 1. The van der Waals surface area contributed by atoms with Crippen LogP contribution in [0.15, 0.2) is 35.3 Å². The molecular formula is C10H8BrN3O. The van der Waals surface area contributed by atoms with Crippen LogP contribution in [0.2, 0.25) is 0 Å². The molecule has 0 N–H and O–H groups in total. The lowest BCUT2D eigenvalue weighted by Gasteiger charge is -2.03. The van der Waals surface area contributed by atoms with Crippen molar-refractivity contribution < 1.29 is 4.79 Å². The molecule has 2 rings (SSSR count). The number of aldehydes is 1. The standard InChI is InChI=1S/C10H8BrN3O/c11-9-3-8(4-12-5-9)6-14-2-1-13-10(14)7-15/h1-5,7H,6H2. The van der Waals surface area contributed by atoms with Crippen molar-refractivity contribution in [1.29, 1.82) is 0 Å². The van der Waals surface area contributed by atoms with Crippen LogP contribution in [0.25, 0.3) is 0 Å². The highest BCUT2D eigenvalue weighted by molar-refractivity contribution is 9.10. The normalized spacial score (nSPS) is 10.2. The number of nitrogens with zero attached hydrogens (tertiary/aromatic N) is 3. The molecule has 2 aromatic rings. The van der Waals surface area contributed by atoms with E-state index in [1.165, 1.54) is 0 Å². The molecule has 0 unspecified atom stereocenters. The summed E-state index contributed by atoms with van der Waals surface area (Å²) in [6.07, 6.45) is 7.60. The van der Waals surface area contributed by atoms with Crippen LogP contribution in [0.5, 0.6) is 0 Å². The molecule has 2 heterocycles. The lowest BCUT2D eigenvalue weighted by molar-refractivity contribution is 0.111. The molecule has 0 aromatic carbocycles. The van der Waals surface area contributed by atoms with Crippen LogP contribution in [-0.4, -0.2) is 20.8 Å². The van der Waals surface area contributed by atoms with E-state index in [4.69, 9.17) is 0 Å². The molecule has 0 amide bonds. The molecule has 0 fully saturated rings. The Labute approximate surface area is 95.1 Å². The Morgan fingerprint density at radius 2 is 2.33 bits per heavy atom. The lowest BCUT2D eigenvalue weighted by Crippen LogP contribution is -2.03. The Morgan fingerprint density at radius 1 is 1.47 bits per heavy atom. The van der Waals surface area contributed by atoms with Gasteiger partial charge in [0.15, 0.2) is 12.1 Å². The number of carbonyl (C=O) groups is 1. The predicted molar refractivity (Wildman–Crippen MR) is 58.7 cm³/mol. The third-order valence-corrected chi connectivity index (χ3v) is 2.40. The zero-order valence-corrected chi connectivity index (χ0v) is 9.39. The van der Waals surface area contributed by atoms with Gasteiger partial charge in [-0.15, -0.1) is 0 Å². The van der Waals surface area contributed by atoms with Crippen LogP contribution in [0.1, 0.15) is 16.2 Å². The predicted octanol–water partition coefficient (Wildman–Crippen LogP) is 1.90. The van der Waals surface area contributed by atoms with Crippen LogP contribution in [0.4, 0.5) is 0 Å². The maximum atomic E-state index is 10.6. The first kappa shape index (κ1) is 10.0. The van der Waals surface area contributed by atoms with Crippen molar-refractivity contribution in [2.75, 3.05) is 0 Å². The van der Waals surface area contributed by atoms with Gasteiger partial charge in [-0.3, -0.25) is 9.78 Å². The van der Waals surface area contributed by atoms with Crippen LogP contribution in [0, 0.1) is 0 Å². The van der Waals surface area contributed by atoms with Crippen molar-refractivity contribution in [2.24, 2.45) is 0 Å². The summed E-state index contributed by atoms with van der Waals surface area (Å²) in [4.78, 5) is 18.6. The summed E-state index contributed by atoms with van der Waals surface area (Å²) in [5.41, 5.74) is 1.02. The second kappa shape index (κ2) is 4.35. The van der Waals surface area contributed by atoms with Gasteiger partial charge in [-0.25, -0.2) is 4.98 Å². The van der Waals surface area contributed by atoms with E-state index in [1.54, 1.807) is 29.4 Å². The first-order valence-corrected chi connectivity index (χ1v) is 5.14. The molecule has 0 saturated heterocycles. The summed E-state index contributed by atoms with van der Waals surface area (Å²) >= 11 is 3.34. The summed E-state index contributed by atoms with van der Waals surface area (Å²) in [5, 5.41) is 0. The van der Waals surface area contributed by atoms with E-state index in [9.17, 15) is 4.79 Å². The molecule has 15 heavy (non-hydrogen) atoms. The van der Waals surface area contributed by atoms with Crippen LogP contribution in [0.3, 0.4) is 0 Å². The number of imidazole rings is 1. The van der Waals surface area contributed by atoms with E-state index in [0.717, 1.165) is 16.3 Å². The first-order chi connectivity index (χ1) is 7.29. The molecule has 2 aromatic heterocycles. The zero-order chi connectivity index (χ0) is 10.7. The Kier molecular flexibility index (Phi) is 2.91. The molecule has 5 heteroatoms. The second-order valence-electron chi connectivity index (χ2n) is 3.04. The highest BCUT2D eigenvalue weighted by Gasteiger charge is 2.02. The maximum Gasteiger partial charge on any atom is 0.185 e. The minimum absolute atomic E-state index is 0.426. The first-order valence-electron chi connectivity index (χ1n) is 4.35. The van der Waals surface area contributed by atoms with Crippen LogP contribution >= 0.6 is 15.9 Å². The monoisotopic (exact) mass is 265 g/mol. The minimum atomic E-state index is 0.426. The van der Waals surface area contributed by atoms with E-state index in [1.807, 2.05) is 6.07 Å². The summed E-state index contributed by atoms with van der Waals surface area (Å²) < 4.78 is 2.70. The SMILES string of the molecule is O=Cc1nccn1Cc1cncc(Br)c1. The van der Waals surface area contributed by atoms with E-state index >= 15 is 0 Å². The van der Waals surface area contributed by atoms with Gasteiger partial charge in [0.25, 0.3) is 0 Å². The molecule has 0 saturated carbocycles. The molecular weight excluding hydrogens is 258 g/mol. The van der Waals surface area contributed by atoms with Crippen molar-refractivity contribution >= 4 is 22.2 Å². The number of halogens is 1. The number of hydrogen-bond acceptors (Lipinski definition) is 3. The number of pyridine rings is 1. The van der Waals surface area contributed by atoms with Gasteiger partial charge in [0.05, 0.1) is 6.54 Å². The van der Waals surface area contributed by atoms with E-state index < -0.39 is 0 Å². The van der Waals surface area contributed by atoms with Crippen molar-refractivity contribution in [3.63, 3.8) is 0 Å². The molecule has 0 bridgehead atoms. The Bertz CT molecular complexity index is 481. The Morgan fingerprint density at radius 3 is 3.07 bits per heavy atom. The van der Waals surface area contributed by atoms with E-state index in [-0.39, 0.29) is 0 Å². The lowest BCUT2D eigenvalue weighted by atomic mass is 10.3. The zero-order valence-electron chi connectivity index (χ0n) is 7.80. The van der Waals surface area contributed by atoms with Crippen molar-refractivity contribution in [3.8, 4) is 0 Å². The van der Waals surface area contributed by atoms with Gasteiger partial charge in [-0.1, -0.05) is 0 Å². The summed E-state index contributed by atoms with van der Waals surface area (Å²) in [6, 6.07) is 1.96. The minimum Gasteiger partial charge on any atom is -0.324 e. The van der Waals surface area contributed by atoms with Gasteiger partial charge in [-0.05, 0) is 27.6 Å². The van der Waals surface area contributed by atoms with Crippen molar-refractivity contribution in [1.82, 2.24) is 14.5 Å². The number of aromatic nitrogens is 3. The van der Waals surface area contributed by atoms with Gasteiger partial charge in [0, 0.05) is 29.3 Å². The Balaban J connectivity index is 2.25. The number of hydrogen-bond donors (Lipinski definition) is 0. The second-order valence-corrected chi connectivity index (χ2v) is 3.96. The van der Waals surface area contributed by atoms with E-state index in [0.29, 0.717) is 12.4 Å². The Hall–Kier alpha value is -1.49. The van der Waals surface area contributed by atoms with Crippen molar-refractivity contribution in [2.45, 2.75) is 6.54 Å². The summed E-state index contributed by atoms with van der Waals surface area (Å²) in [7, 11) is 0. The molecule has 0 atom stereocenters. The third kappa shape index (κ3) is 2.30. The molecule has 0 radical (unpaired) electrons. The fourth-order valence-corrected chi connectivity index (χ4v) is 1.72. The smallest absolute Gasteiger partial charge is 0.185 e. The number of rotatable bonds is 3. The maximum absolute atomic E-state index is 10.6. The molecule has 0 aliphatic rings. The fraction of sp³-hybridized carbons (Fsp3) is 0.100. The van der Waals surface area contributed by atoms with Gasteiger partial charge < -0.3 is 4.57 Å². The fourth-order valence-electron chi connectivity index (χ4n) is 1.31. The largest absolute Gasteiger partial charge is 0.324 e. The van der Waals surface area contributed by atoms with Crippen molar-refractivity contribution in [3.05, 3.63) is 46.7 Å². The molecule has 4 nitrogen and oxygen atoms in total. The van der Waals surface area contributed by atoms with Gasteiger partial charge in [0.1, 0.15) is 0 Å². The quantitative estimate of drug-likeness (QED) is 0.797. The topological polar surface area (TPSA) is 47.8 Å². The molecule has 0 aliphatic heterocycles. The average molecular weight is 266 g/mol. The molecule has 76 valence electrons. The molecule has 0 aliphatic carbocycles. The van der Waals surface area contributed by atoms with Gasteiger partial charge in [-0.2, -0.15) is 0 Å². The van der Waals surface area contributed by atoms with Crippen LogP contribution in [-0.2, 0) is 6.54 Å². The third-order valence-electron chi connectivity index (χ3n) is 1.97. The van der Waals surface area contributed by atoms with Gasteiger partial charge in [0.2, 0.25) is 0 Å². The molecule has 0 spiro atoms. The highest BCUT2D eigenvalue weighted by atomic mass is 79.9. The summed E-state index contributed by atoms with van der Waals surface area (Å²) in [5.74, 6) is 0.426. The van der Waals surface area contributed by atoms with Crippen LogP contribution < -0.4 is 0 Å². The van der Waals surface area contributed by atoms with Gasteiger partial charge >= 0.3 is 0 Å². The summed E-state index contributed by atoms with van der Waals surface area (Å²) in [6.45, 7) is 0.598. The average Bonchev–Trinajstić information content (AvgIpc) is 2.65. The highest BCUT2D eigenvalue weighted by Crippen LogP contribution is 2.11. The van der Waals surface area contributed by atoms with E-state index in [2.05, 4.69) is 25.9 Å².